The van der Waals surface area contributed by atoms with Crippen LogP contribution in [-0.2, 0) is 23.3 Å². The second kappa shape index (κ2) is 11.9. The van der Waals surface area contributed by atoms with Crippen LogP contribution in [0.3, 0.4) is 0 Å². The van der Waals surface area contributed by atoms with Gasteiger partial charge < -0.3 is 4.90 Å². The molecule has 3 aromatic carbocycles. The van der Waals surface area contributed by atoms with Gasteiger partial charge in [0.2, 0.25) is 9.63 Å². The number of amides is 3. The summed E-state index contributed by atoms with van der Waals surface area (Å²) in [4.78, 5) is 31.2. The van der Waals surface area contributed by atoms with E-state index in [1.54, 1.807) is 0 Å². The number of halogens is 12. The standard InChI is InChI=1S/C27H16Cl3F9N4O2/c1-41-21(44)20(42(23(41)45)15-8-6-7-14(13-15)25(31,32)33)40-22(24(28,29)30)43(18-11-4-2-9-16(18)26(34,35)36)19-12-5-3-10-17(19)27(37,38)39/h2-13,22H,1H3. The summed E-state index contributed by atoms with van der Waals surface area (Å²) < 4.78 is 123. The molecule has 45 heavy (non-hydrogen) atoms. The number of hydrogen-bond donors (Lipinski definition) is 0. The van der Waals surface area contributed by atoms with E-state index in [9.17, 15) is 49.1 Å². The third-order valence-electron chi connectivity index (χ3n) is 6.34. The Morgan fingerprint density at radius 1 is 0.711 bits per heavy atom. The average molecular weight is 706 g/mol. The number of hydrogen-bond acceptors (Lipinski definition) is 4. The van der Waals surface area contributed by atoms with E-state index in [0.29, 0.717) is 34.1 Å². The van der Waals surface area contributed by atoms with Crippen LogP contribution in [-0.4, -0.2) is 39.7 Å². The molecule has 0 aliphatic carbocycles. The molecule has 0 aromatic heterocycles. The van der Waals surface area contributed by atoms with E-state index < -0.39 is 80.0 Å². The molecule has 1 heterocycles. The Labute approximate surface area is 263 Å². The van der Waals surface area contributed by atoms with Crippen molar-refractivity contribution in [2.24, 2.45) is 4.99 Å². The molecule has 1 unspecified atom stereocenters. The van der Waals surface area contributed by atoms with Crippen molar-refractivity contribution < 1.29 is 49.1 Å². The SMILES string of the molecule is CN1C(=O)C(=NC(N(c2ccccc2C(F)(F)F)c2ccccc2C(F)(F)F)C(Cl)(Cl)Cl)N(c2cccc(C(F)(F)F)c2)C1=O. The predicted octanol–water partition coefficient (Wildman–Crippen LogP) is 9.07. The fourth-order valence-corrected chi connectivity index (χ4v) is 4.81. The third-order valence-corrected chi connectivity index (χ3v) is 6.92. The summed E-state index contributed by atoms with van der Waals surface area (Å²) in [5.74, 6) is -2.37. The lowest BCUT2D eigenvalue weighted by Crippen LogP contribution is -2.44. The number of benzene rings is 3. The van der Waals surface area contributed by atoms with Gasteiger partial charge in [-0.15, -0.1) is 0 Å². The Bertz CT molecular complexity index is 1600. The summed E-state index contributed by atoms with van der Waals surface area (Å²) >= 11 is 18.4. The van der Waals surface area contributed by atoms with Crippen LogP contribution in [0.1, 0.15) is 16.7 Å². The van der Waals surface area contributed by atoms with Gasteiger partial charge in [0.05, 0.1) is 33.8 Å². The van der Waals surface area contributed by atoms with E-state index in [0.717, 1.165) is 55.6 Å². The Morgan fingerprint density at radius 2 is 1.20 bits per heavy atom. The van der Waals surface area contributed by atoms with E-state index in [4.69, 9.17) is 34.8 Å². The van der Waals surface area contributed by atoms with Crippen LogP contribution >= 0.6 is 34.8 Å². The van der Waals surface area contributed by atoms with Gasteiger partial charge in [0.1, 0.15) is 0 Å². The summed E-state index contributed by atoms with van der Waals surface area (Å²) in [6, 6.07) is 8.31. The molecule has 0 bridgehead atoms. The zero-order valence-corrected chi connectivity index (χ0v) is 24.4. The Hall–Kier alpha value is -3.69. The average Bonchev–Trinajstić information content (AvgIpc) is 3.14. The Kier molecular flexibility index (Phi) is 9.05. The number of carbonyl (C=O) groups excluding carboxylic acids is 2. The van der Waals surface area contributed by atoms with E-state index in [2.05, 4.69) is 4.99 Å². The lowest BCUT2D eigenvalue weighted by atomic mass is 10.1. The second-order valence-corrected chi connectivity index (χ2v) is 11.7. The first-order valence-electron chi connectivity index (χ1n) is 12.2. The highest BCUT2D eigenvalue weighted by Gasteiger charge is 2.49. The normalized spacial score (nSPS) is 16.5. The van der Waals surface area contributed by atoms with Gasteiger partial charge in [0.25, 0.3) is 5.91 Å². The van der Waals surface area contributed by atoms with Crippen LogP contribution in [0.2, 0.25) is 0 Å². The minimum atomic E-state index is -5.18. The van der Waals surface area contributed by atoms with Gasteiger partial charge in [0.15, 0.2) is 6.17 Å². The molecule has 18 heteroatoms. The van der Waals surface area contributed by atoms with Crippen molar-refractivity contribution >= 4 is 69.6 Å². The molecule has 0 saturated carbocycles. The number of likely N-dealkylation sites (N-methyl/N-ethyl adjacent to an activating group) is 1. The highest BCUT2D eigenvalue weighted by atomic mass is 35.6. The molecule has 0 radical (unpaired) electrons. The maximum Gasteiger partial charge on any atom is 0.418 e. The minimum absolute atomic E-state index is 0.284. The molecule has 1 aliphatic heterocycles. The van der Waals surface area contributed by atoms with Gasteiger partial charge in [-0.2, -0.15) is 39.5 Å². The zero-order chi connectivity index (χ0) is 33.7. The van der Waals surface area contributed by atoms with Crippen molar-refractivity contribution in [3.05, 3.63) is 89.5 Å². The highest BCUT2D eigenvalue weighted by molar-refractivity contribution is 6.68. The number of aliphatic imine (C=N–C) groups is 1. The van der Waals surface area contributed by atoms with Crippen molar-refractivity contribution in [3.8, 4) is 0 Å². The molecule has 1 fully saturated rings. The van der Waals surface area contributed by atoms with E-state index in [1.165, 1.54) is 0 Å². The molecular weight excluding hydrogens is 690 g/mol. The van der Waals surface area contributed by atoms with Gasteiger partial charge in [0, 0.05) is 7.05 Å². The molecule has 240 valence electrons. The highest BCUT2D eigenvalue weighted by Crippen LogP contribution is 2.48. The summed E-state index contributed by atoms with van der Waals surface area (Å²) in [5.41, 5.74) is -6.83. The maximum absolute atomic E-state index is 14.2. The topological polar surface area (TPSA) is 56.2 Å². The van der Waals surface area contributed by atoms with Crippen LogP contribution in [0.5, 0.6) is 0 Å². The number of urea groups is 1. The number of amidine groups is 1. The number of nitrogens with zero attached hydrogens (tertiary/aromatic N) is 4. The molecule has 1 saturated heterocycles. The fourth-order valence-electron chi connectivity index (χ4n) is 4.37. The summed E-state index contributed by atoms with van der Waals surface area (Å²) in [6.07, 6.45) is -17.8. The number of carbonyl (C=O) groups is 2. The maximum atomic E-state index is 14.2. The summed E-state index contributed by atoms with van der Waals surface area (Å²) in [6.45, 7) is 0. The quantitative estimate of drug-likeness (QED) is 0.151. The van der Waals surface area contributed by atoms with Crippen LogP contribution in [0.15, 0.2) is 77.8 Å². The molecule has 6 nitrogen and oxygen atoms in total. The van der Waals surface area contributed by atoms with Crippen LogP contribution < -0.4 is 9.80 Å². The minimum Gasteiger partial charge on any atom is -0.314 e. The van der Waals surface area contributed by atoms with Crippen LogP contribution in [0.25, 0.3) is 0 Å². The molecular formula is C27H16Cl3F9N4O2. The molecule has 3 amide bonds. The second-order valence-electron chi connectivity index (χ2n) is 9.30. The fraction of sp³-hybridized carbons (Fsp3) is 0.222. The summed E-state index contributed by atoms with van der Waals surface area (Å²) in [7, 11) is 0.911. The predicted molar refractivity (Wildman–Crippen MR) is 149 cm³/mol. The molecule has 4 rings (SSSR count). The van der Waals surface area contributed by atoms with E-state index >= 15 is 0 Å². The number of para-hydroxylation sites is 2. The Morgan fingerprint density at radius 3 is 1.64 bits per heavy atom. The van der Waals surface area contributed by atoms with E-state index in [-0.39, 0.29) is 4.90 Å². The third kappa shape index (κ3) is 6.94. The first-order valence-corrected chi connectivity index (χ1v) is 13.3. The van der Waals surface area contributed by atoms with Crippen LogP contribution in [0, 0.1) is 0 Å². The number of anilines is 3. The van der Waals surface area contributed by atoms with Gasteiger partial charge >= 0.3 is 24.6 Å². The molecule has 1 aliphatic rings. The van der Waals surface area contributed by atoms with Gasteiger partial charge in [-0.25, -0.2) is 14.7 Å². The van der Waals surface area contributed by atoms with E-state index in [1.807, 2.05) is 0 Å². The van der Waals surface area contributed by atoms with Crippen LogP contribution in [0.4, 0.5) is 61.4 Å². The number of alkyl halides is 12. The first-order chi connectivity index (χ1) is 20.6. The largest absolute Gasteiger partial charge is 0.418 e. The molecule has 1 atom stereocenters. The molecule has 0 N–H and O–H groups in total. The van der Waals surface area contributed by atoms with Crippen molar-refractivity contribution in [1.82, 2.24) is 4.90 Å². The van der Waals surface area contributed by atoms with Gasteiger partial charge in [-0.1, -0.05) is 65.1 Å². The number of imide groups is 1. The van der Waals surface area contributed by atoms with Gasteiger partial charge in [-0.3, -0.25) is 9.69 Å². The lowest BCUT2D eigenvalue weighted by Gasteiger charge is -2.38. The zero-order valence-electron chi connectivity index (χ0n) is 22.1. The van der Waals surface area contributed by atoms with Crippen molar-refractivity contribution in [2.45, 2.75) is 28.5 Å². The van der Waals surface area contributed by atoms with Crippen molar-refractivity contribution in [1.29, 1.82) is 0 Å². The summed E-state index contributed by atoms with van der Waals surface area (Å²) in [5, 5.41) is 0. The lowest BCUT2D eigenvalue weighted by molar-refractivity contribution is -0.138. The number of rotatable bonds is 5. The first kappa shape index (κ1) is 34.2. The molecule has 0 spiro atoms. The van der Waals surface area contributed by atoms with Gasteiger partial charge in [-0.05, 0) is 42.5 Å². The van der Waals surface area contributed by atoms with Crippen molar-refractivity contribution in [3.63, 3.8) is 0 Å². The monoisotopic (exact) mass is 704 g/mol. The van der Waals surface area contributed by atoms with Crippen molar-refractivity contribution in [2.75, 3.05) is 16.8 Å². The Balaban J connectivity index is 2.07. The smallest absolute Gasteiger partial charge is 0.314 e. The molecule has 3 aromatic rings.